The molecule has 2 bridgehead atoms. The van der Waals surface area contributed by atoms with Crippen LogP contribution in [0.5, 0.6) is 0 Å². The monoisotopic (exact) mass is 479 g/mol. The fourth-order valence-corrected chi connectivity index (χ4v) is 10.2. The second-order valence-corrected chi connectivity index (χ2v) is 13.6. The van der Waals surface area contributed by atoms with Gasteiger partial charge in [-0.1, -0.05) is 31.2 Å². The van der Waals surface area contributed by atoms with Gasteiger partial charge in [-0.15, -0.1) is 0 Å². The van der Waals surface area contributed by atoms with Crippen molar-refractivity contribution in [2.75, 3.05) is 13.1 Å². The Hall–Kier alpha value is -2.01. The van der Waals surface area contributed by atoms with Gasteiger partial charge in [0.05, 0.1) is 11.2 Å². The third-order valence-electron chi connectivity index (χ3n) is 12.0. The summed E-state index contributed by atoms with van der Waals surface area (Å²) >= 11 is 0. The molecule has 2 N–H and O–H groups in total. The van der Waals surface area contributed by atoms with Gasteiger partial charge in [0.15, 0.2) is 0 Å². The minimum Gasteiger partial charge on any atom is -0.359 e. The highest BCUT2D eigenvalue weighted by molar-refractivity contribution is 5.82. The molecular weight excluding hydrogens is 442 g/mol. The van der Waals surface area contributed by atoms with Gasteiger partial charge in [-0.3, -0.25) is 9.88 Å². The first-order chi connectivity index (χ1) is 17.5. The van der Waals surface area contributed by atoms with Crippen LogP contribution in [0, 0.1) is 23.2 Å². The molecule has 7 aliphatic rings. The van der Waals surface area contributed by atoms with Crippen molar-refractivity contribution >= 4 is 10.8 Å². The quantitative estimate of drug-likeness (QED) is 0.631. The normalized spacial score (nSPS) is 46.8. The molecule has 0 amide bonds. The van der Waals surface area contributed by atoms with E-state index in [9.17, 15) is 0 Å². The second kappa shape index (κ2) is 6.70. The molecule has 1 aromatic carbocycles. The lowest BCUT2D eigenvalue weighted by Crippen LogP contribution is -2.63. The lowest BCUT2D eigenvalue weighted by Gasteiger charge is -2.55. The molecule has 0 radical (unpaired) electrons. The van der Waals surface area contributed by atoms with Crippen LogP contribution in [0.25, 0.3) is 10.8 Å². The topological polar surface area (TPSA) is 51.4 Å². The molecule has 3 saturated carbocycles. The van der Waals surface area contributed by atoms with Crippen molar-refractivity contribution in [1.82, 2.24) is 9.88 Å². The zero-order valence-corrected chi connectivity index (χ0v) is 21.3. The summed E-state index contributed by atoms with van der Waals surface area (Å²) in [6, 6.07) is 10.3. The molecule has 4 heterocycles. The van der Waals surface area contributed by atoms with Crippen LogP contribution in [0.1, 0.15) is 63.4 Å². The van der Waals surface area contributed by atoms with Gasteiger partial charge >= 0.3 is 0 Å². The number of benzene rings is 1. The maximum absolute atomic E-state index is 7.58. The molecule has 5 fully saturated rings. The minimum absolute atomic E-state index is 0.00961. The Labute approximate surface area is 214 Å². The van der Waals surface area contributed by atoms with Gasteiger partial charge in [0, 0.05) is 43.0 Å². The van der Waals surface area contributed by atoms with Crippen molar-refractivity contribution in [2.45, 2.75) is 81.1 Å². The molecule has 4 heteroatoms. The number of ether oxygens (including phenoxy) is 1. The number of rotatable bonds is 2. The molecule has 1 aromatic heterocycles. The number of fused-ring (bicyclic) bond motifs is 4. The lowest BCUT2D eigenvalue weighted by molar-refractivity contribution is -0.144. The highest BCUT2D eigenvalue weighted by atomic mass is 16.5. The number of hydrogen-bond donors (Lipinski definition) is 1. The van der Waals surface area contributed by atoms with E-state index in [0.29, 0.717) is 23.9 Å². The van der Waals surface area contributed by atoms with Gasteiger partial charge in [-0.25, -0.2) is 0 Å². The number of hydrogen-bond acceptors (Lipinski definition) is 4. The van der Waals surface area contributed by atoms with Crippen LogP contribution in [-0.4, -0.2) is 46.3 Å². The predicted molar refractivity (Wildman–Crippen MR) is 141 cm³/mol. The smallest absolute Gasteiger partial charge is 0.0974 e. The van der Waals surface area contributed by atoms with Crippen molar-refractivity contribution < 1.29 is 4.74 Å². The summed E-state index contributed by atoms with van der Waals surface area (Å²) in [6.45, 7) is 4.76. The number of nitrogens with zero attached hydrogens (tertiary/aromatic N) is 2. The number of nitrogens with two attached hydrogens (primary N) is 1. The van der Waals surface area contributed by atoms with Crippen LogP contribution in [-0.2, 0) is 4.74 Å². The molecule has 2 unspecified atom stereocenters. The number of aromatic nitrogens is 1. The maximum atomic E-state index is 7.58. The van der Waals surface area contributed by atoms with E-state index in [-0.39, 0.29) is 16.6 Å². The fraction of sp³-hybridized carbons (Fsp3) is 0.594. The van der Waals surface area contributed by atoms with Crippen molar-refractivity contribution in [3.05, 3.63) is 65.5 Å². The van der Waals surface area contributed by atoms with Crippen LogP contribution in [0.15, 0.2) is 60.0 Å². The Balaban J connectivity index is 1.09. The second-order valence-electron chi connectivity index (χ2n) is 13.6. The predicted octanol–water partition coefficient (Wildman–Crippen LogP) is 5.34. The summed E-state index contributed by atoms with van der Waals surface area (Å²) in [5.74, 6) is 2.79. The summed E-state index contributed by atoms with van der Waals surface area (Å²) in [6.07, 6.45) is 17.9. The van der Waals surface area contributed by atoms with Crippen molar-refractivity contribution in [3.63, 3.8) is 0 Å². The molecule has 2 saturated heterocycles. The third kappa shape index (κ3) is 2.49. The van der Waals surface area contributed by atoms with Gasteiger partial charge in [0.2, 0.25) is 0 Å². The average Bonchev–Trinajstić information content (AvgIpc) is 3.50. The van der Waals surface area contributed by atoms with Crippen molar-refractivity contribution in [1.29, 1.82) is 0 Å². The van der Waals surface area contributed by atoms with Crippen molar-refractivity contribution in [2.24, 2.45) is 28.9 Å². The molecule has 36 heavy (non-hydrogen) atoms. The first-order valence-corrected chi connectivity index (χ1v) is 14.5. The standard InChI is InChI=1S/C32H37N3O/c1-30-8-6-22-13-27-24-14-25(24)28(35-17-23(33)18-35)15-31(27)9-10-32(22,36-31)29(30)5-4-26(30)20-3-2-19-7-11-34-16-21(19)12-20/h2-3,6-7,11-13,16,23-26,28-29H,4-5,8-10,14-15,17-18,33H2,1H3/t24-,25+,26?,28-,29+,30+,31+,32?/m0/s1. The lowest BCUT2D eigenvalue weighted by atomic mass is 9.58. The van der Waals surface area contributed by atoms with E-state index in [2.05, 4.69) is 53.2 Å². The van der Waals surface area contributed by atoms with Gasteiger partial charge < -0.3 is 10.5 Å². The van der Waals surface area contributed by atoms with E-state index in [4.69, 9.17) is 10.5 Å². The maximum Gasteiger partial charge on any atom is 0.0974 e. The zero-order chi connectivity index (χ0) is 23.9. The van der Waals surface area contributed by atoms with E-state index in [0.717, 1.165) is 24.9 Å². The largest absolute Gasteiger partial charge is 0.359 e. The third-order valence-corrected chi connectivity index (χ3v) is 12.0. The van der Waals surface area contributed by atoms with E-state index in [1.807, 2.05) is 12.4 Å². The Morgan fingerprint density at radius 2 is 2.03 bits per heavy atom. The summed E-state index contributed by atoms with van der Waals surface area (Å²) in [5, 5.41) is 2.56. The zero-order valence-electron chi connectivity index (χ0n) is 21.3. The SMILES string of the molecule is C[C@]12CC=C3C=C4[C@H]5C[C@H]5[C@@H](N5CC(N)C5)C[C@]45CCC3(O5)[C@@H]1CCC2c1ccc2ccncc2c1. The van der Waals surface area contributed by atoms with Crippen LogP contribution in [0.3, 0.4) is 0 Å². The molecule has 4 aliphatic carbocycles. The molecule has 9 rings (SSSR count). The molecule has 2 spiro atoms. The average molecular weight is 480 g/mol. The molecular formula is C32H37N3O. The van der Waals surface area contributed by atoms with Gasteiger partial charge in [0.25, 0.3) is 0 Å². The molecule has 4 nitrogen and oxygen atoms in total. The fourth-order valence-electron chi connectivity index (χ4n) is 10.2. The summed E-state index contributed by atoms with van der Waals surface area (Å²) in [5.41, 5.74) is 11.1. The summed E-state index contributed by atoms with van der Waals surface area (Å²) in [7, 11) is 0. The Bertz CT molecular complexity index is 1360. The number of pyridine rings is 1. The Morgan fingerprint density at radius 1 is 1.11 bits per heavy atom. The van der Waals surface area contributed by atoms with Crippen LogP contribution < -0.4 is 5.73 Å². The molecule has 186 valence electrons. The summed E-state index contributed by atoms with van der Waals surface area (Å²) in [4.78, 5) is 7.08. The number of likely N-dealkylation sites (tertiary alicyclic amines) is 1. The highest BCUT2D eigenvalue weighted by Crippen LogP contribution is 2.72. The van der Waals surface area contributed by atoms with E-state index in [1.54, 1.807) is 11.1 Å². The molecule has 8 atom stereocenters. The van der Waals surface area contributed by atoms with Crippen LogP contribution in [0.4, 0.5) is 0 Å². The Kier molecular flexibility index (Phi) is 3.90. The molecule has 2 aromatic rings. The van der Waals surface area contributed by atoms with Crippen LogP contribution in [0.2, 0.25) is 0 Å². The number of allylic oxidation sites excluding steroid dienone is 1. The first-order valence-electron chi connectivity index (χ1n) is 14.5. The van der Waals surface area contributed by atoms with Gasteiger partial charge in [-0.2, -0.15) is 0 Å². The minimum atomic E-state index is -0.0682. The van der Waals surface area contributed by atoms with Gasteiger partial charge in [0.1, 0.15) is 0 Å². The van der Waals surface area contributed by atoms with E-state index >= 15 is 0 Å². The molecule has 3 aliphatic heterocycles. The Morgan fingerprint density at radius 3 is 2.92 bits per heavy atom. The first kappa shape index (κ1) is 21.0. The van der Waals surface area contributed by atoms with E-state index < -0.39 is 0 Å². The van der Waals surface area contributed by atoms with Crippen molar-refractivity contribution in [3.8, 4) is 0 Å². The van der Waals surface area contributed by atoms with Gasteiger partial charge in [-0.05, 0) is 108 Å². The van der Waals surface area contributed by atoms with E-state index in [1.165, 1.54) is 61.3 Å². The highest BCUT2D eigenvalue weighted by Gasteiger charge is 2.70. The summed E-state index contributed by atoms with van der Waals surface area (Å²) < 4.78 is 7.58. The van der Waals surface area contributed by atoms with Crippen LogP contribution >= 0.6 is 0 Å².